The first-order valence-corrected chi connectivity index (χ1v) is 6.80. The highest BCUT2D eigenvalue weighted by Crippen LogP contribution is 2.21. The van der Waals surface area contributed by atoms with E-state index in [1.807, 2.05) is 6.92 Å². The summed E-state index contributed by atoms with van der Waals surface area (Å²) >= 11 is 5.82. The Morgan fingerprint density at radius 2 is 2.16 bits per heavy atom. The van der Waals surface area contributed by atoms with Crippen molar-refractivity contribution in [3.8, 4) is 0 Å². The number of amides is 1. The average molecular weight is 284 g/mol. The van der Waals surface area contributed by atoms with Crippen molar-refractivity contribution in [1.82, 2.24) is 5.32 Å². The van der Waals surface area contributed by atoms with Crippen molar-refractivity contribution in [3.05, 3.63) is 34.9 Å². The van der Waals surface area contributed by atoms with E-state index >= 15 is 0 Å². The van der Waals surface area contributed by atoms with E-state index in [-0.39, 0.29) is 18.6 Å². The highest BCUT2D eigenvalue weighted by atomic mass is 35.5. The second kappa shape index (κ2) is 6.37. The maximum absolute atomic E-state index is 12.0. The summed E-state index contributed by atoms with van der Waals surface area (Å²) in [7, 11) is 0. The molecule has 1 fully saturated rings. The maximum Gasteiger partial charge on any atom is 0.249 e. The minimum absolute atomic E-state index is 0.124. The van der Waals surface area contributed by atoms with Crippen molar-refractivity contribution in [2.45, 2.75) is 38.0 Å². The summed E-state index contributed by atoms with van der Waals surface area (Å²) in [6.07, 6.45) is 1.34. The average Bonchev–Trinajstić information content (AvgIpc) is 2.84. The van der Waals surface area contributed by atoms with Crippen LogP contribution in [0, 0.1) is 0 Å². The number of rotatable bonds is 4. The van der Waals surface area contributed by atoms with Crippen LogP contribution in [0.1, 0.15) is 31.4 Å². The summed E-state index contributed by atoms with van der Waals surface area (Å²) < 4.78 is 5.51. The van der Waals surface area contributed by atoms with Gasteiger partial charge in [0.2, 0.25) is 5.91 Å². The predicted molar refractivity (Wildman–Crippen MR) is 73.0 cm³/mol. The van der Waals surface area contributed by atoms with Crippen LogP contribution >= 0.6 is 11.6 Å². The van der Waals surface area contributed by atoms with E-state index in [4.69, 9.17) is 16.3 Å². The van der Waals surface area contributed by atoms with Crippen LogP contribution in [0.3, 0.4) is 0 Å². The number of nitrogens with one attached hydrogen (secondary N) is 1. The molecular formula is C14H18ClNO3. The summed E-state index contributed by atoms with van der Waals surface area (Å²) in [5.74, 6) is -0.168. The number of carbonyl (C=O) groups excluding carboxylic acids is 1. The third-order valence-electron chi connectivity index (χ3n) is 3.30. The molecule has 4 nitrogen and oxygen atoms in total. The molecule has 2 rings (SSSR count). The standard InChI is InChI=1S/C14H18ClNO3/c1-9-2-7-13(19-9)14(18)16-12(8-17)10-3-5-11(15)6-4-10/h3-6,9,12-13,17H,2,7-8H2,1H3,(H,16,18). The molecule has 104 valence electrons. The summed E-state index contributed by atoms with van der Waals surface area (Å²) in [6.45, 7) is 1.80. The van der Waals surface area contributed by atoms with Gasteiger partial charge in [-0.05, 0) is 37.5 Å². The van der Waals surface area contributed by atoms with Crippen LogP contribution in [0.25, 0.3) is 0 Å². The second-order valence-electron chi connectivity index (χ2n) is 4.81. The summed E-state index contributed by atoms with van der Waals surface area (Å²) in [5, 5.41) is 12.8. The van der Waals surface area contributed by atoms with Gasteiger partial charge in [0.25, 0.3) is 0 Å². The number of aliphatic hydroxyl groups excluding tert-OH is 1. The normalized spacial score (nSPS) is 24.2. The molecule has 1 aromatic rings. The molecule has 3 atom stereocenters. The quantitative estimate of drug-likeness (QED) is 0.889. The van der Waals surface area contributed by atoms with Gasteiger partial charge >= 0.3 is 0 Å². The molecule has 0 spiro atoms. The van der Waals surface area contributed by atoms with Crippen LogP contribution < -0.4 is 5.32 Å². The van der Waals surface area contributed by atoms with Gasteiger partial charge in [-0.25, -0.2) is 0 Å². The Morgan fingerprint density at radius 3 is 2.68 bits per heavy atom. The molecule has 1 heterocycles. The molecule has 2 N–H and O–H groups in total. The number of hydrogen-bond acceptors (Lipinski definition) is 3. The van der Waals surface area contributed by atoms with E-state index in [9.17, 15) is 9.90 Å². The summed E-state index contributed by atoms with van der Waals surface area (Å²) in [4.78, 5) is 12.0. The molecule has 1 aromatic carbocycles. The molecule has 3 unspecified atom stereocenters. The van der Waals surface area contributed by atoms with Crippen LogP contribution in [-0.4, -0.2) is 29.8 Å². The SMILES string of the molecule is CC1CCC(C(=O)NC(CO)c2ccc(Cl)cc2)O1. The van der Waals surface area contributed by atoms with E-state index in [2.05, 4.69) is 5.32 Å². The fourth-order valence-electron chi connectivity index (χ4n) is 2.19. The summed E-state index contributed by atoms with van der Waals surface area (Å²) in [6, 6.07) is 6.63. The van der Waals surface area contributed by atoms with Crippen LogP contribution in [0.4, 0.5) is 0 Å². The molecule has 0 aromatic heterocycles. The largest absolute Gasteiger partial charge is 0.394 e. The molecule has 1 saturated heterocycles. The molecule has 1 aliphatic heterocycles. The Bertz CT molecular complexity index is 435. The smallest absolute Gasteiger partial charge is 0.249 e. The lowest BCUT2D eigenvalue weighted by molar-refractivity contribution is -0.132. The summed E-state index contributed by atoms with van der Waals surface area (Å²) in [5.41, 5.74) is 0.825. The van der Waals surface area contributed by atoms with E-state index < -0.39 is 12.1 Å². The lowest BCUT2D eigenvalue weighted by Crippen LogP contribution is -2.38. The Balaban J connectivity index is 1.99. The molecule has 0 aliphatic carbocycles. The van der Waals surface area contributed by atoms with Crippen LogP contribution in [0.5, 0.6) is 0 Å². The number of benzene rings is 1. The first-order chi connectivity index (χ1) is 9.10. The lowest BCUT2D eigenvalue weighted by Gasteiger charge is -2.19. The van der Waals surface area contributed by atoms with Crippen LogP contribution in [0.2, 0.25) is 5.02 Å². The van der Waals surface area contributed by atoms with Crippen molar-refractivity contribution in [2.75, 3.05) is 6.61 Å². The van der Waals surface area contributed by atoms with Crippen molar-refractivity contribution >= 4 is 17.5 Å². The highest BCUT2D eigenvalue weighted by Gasteiger charge is 2.29. The Hall–Kier alpha value is -1.10. The molecule has 1 amide bonds. The van der Waals surface area contributed by atoms with Crippen molar-refractivity contribution < 1.29 is 14.6 Å². The van der Waals surface area contributed by atoms with Crippen LogP contribution in [0.15, 0.2) is 24.3 Å². The maximum atomic E-state index is 12.0. The minimum atomic E-state index is -0.427. The number of carbonyl (C=O) groups is 1. The number of halogens is 1. The van der Waals surface area contributed by atoms with E-state index in [1.165, 1.54) is 0 Å². The van der Waals surface area contributed by atoms with E-state index in [0.29, 0.717) is 5.02 Å². The Labute approximate surface area is 117 Å². The van der Waals surface area contributed by atoms with Gasteiger partial charge in [0.1, 0.15) is 6.10 Å². The molecule has 0 radical (unpaired) electrons. The van der Waals surface area contributed by atoms with Gasteiger partial charge in [-0.3, -0.25) is 4.79 Å². The third kappa shape index (κ3) is 3.69. The first-order valence-electron chi connectivity index (χ1n) is 6.42. The molecule has 1 aliphatic rings. The zero-order valence-corrected chi connectivity index (χ0v) is 11.6. The molecule has 5 heteroatoms. The molecule has 0 bridgehead atoms. The second-order valence-corrected chi connectivity index (χ2v) is 5.24. The van der Waals surface area contributed by atoms with E-state index in [1.54, 1.807) is 24.3 Å². The lowest BCUT2D eigenvalue weighted by atomic mass is 10.1. The monoisotopic (exact) mass is 283 g/mol. The first kappa shape index (κ1) is 14.3. The predicted octanol–water partition coefficient (Wildman–Crippen LogP) is 2.06. The zero-order valence-electron chi connectivity index (χ0n) is 10.8. The van der Waals surface area contributed by atoms with Crippen molar-refractivity contribution in [2.24, 2.45) is 0 Å². The molecule has 19 heavy (non-hydrogen) atoms. The number of ether oxygens (including phenoxy) is 1. The Kier molecular flexibility index (Phi) is 4.80. The minimum Gasteiger partial charge on any atom is -0.394 e. The van der Waals surface area contributed by atoms with Crippen molar-refractivity contribution in [1.29, 1.82) is 0 Å². The molecule has 0 saturated carbocycles. The highest BCUT2D eigenvalue weighted by molar-refractivity contribution is 6.30. The van der Waals surface area contributed by atoms with Gasteiger partial charge < -0.3 is 15.2 Å². The van der Waals surface area contributed by atoms with Gasteiger partial charge in [-0.15, -0.1) is 0 Å². The molecular weight excluding hydrogens is 266 g/mol. The van der Waals surface area contributed by atoms with Crippen LogP contribution in [-0.2, 0) is 9.53 Å². The fourth-order valence-corrected chi connectivity index (χ4v) is 2.32. The number of aliphatic hydroxyl groups is 1. The van der Waals surface area contributed by atoms with Gasteiger partial charge in [0.05, 0.1) is 18.8 Å². The zero-order chi connectivity index (χ0) is 13.8. The van der Waals surface area contributed by atoms with Gasteiger partial charge in [-0.1, -0.05) is 23.7 Å². The number of hydrogen-bond donors (Lipinski definition) is 2. The third-order valence-corrected chi connectivity index (χ3v) is 3.55. The van der Waals surface area contributed by atoms with E-state index in [0.717, 1.165) is 18.4 Å². The fraction of sp³-hybridized carbons (Fsp3) is 0.500. The Morgan fingerprint density at radius 1 is 1.47 bits per heavy atom. The topological polar surface area (TPSA) is 58.6 Å². The van der Waals surface area contributed by atoms with Gasteiger partial charge in [0, 0.05) is 5.02 Å². The van der Waals surface area contributed by atoms with Gasteiger partial charge in [-0.2, -0.15) is 0 Å². The van der Waals surface area contributed by atoms with Crippen molar-refractivity contribution in [3.63, 3.8) is 0 Å². The van der Waals surface area contributed by atoms with Gasteiger partial charge in [0.15, 0.2) is 0 Å².